The first kappa shape index (κ1) is 47.2. The van der Waals surface area contributed by atoms with Gasteiger partial charge in [-0.05, 0) is 132 Å². The third-order valence-corrected chi connectivity index (χ3v) is 10.9. The first-order chi connectivity index (χ1) is 22.8. The zero-order valence-corrected chi connectivity index (χ0v) is 35.5. The Balaban J connectivity index is 0.000000785. The lowest BCUT2D eigenvalue weighted by Gasteiger charge is -2.35. The lowest BCUT2D eigenvalue weighted by Crippen LogP contribution is -2.38. The van der Waals surface area contributed by atoms with Crippen molar-refractivity contribution in [1.82, 2.24) is 5.32 Å². The van der Waals surface area contributed by atoms with E-state index in [0.29, 0.717) is 22.8 Å². The molecule has 0 aromatic carbocycles. The Hall–Kier alpha value is -1.76. The summed E-state index contributed by atoms with van der Waals surface area (Å²) >= 11 is 0. The lowest BCUT2D eigenvalue weighted by atomic mass is 9.77. The fourth-order valence-electron chi connectivity index (χ4n) is 7.95. The van der Waals surface area contributed by atoms with Gasteiger partial charge in [-0.3, -0.25) is 0 Å². The van der Waals surface area contributed by atoms with E-state index in [1.807, 2.05) is 6.08 Å². The van der Waals surface area contributed by atoms with Crippen molar-refractivity contribution in [3.05, 3.63) is 73.0 Å². The van der Waals surface area contributed by atoms with Crippen LogP contribution in [0.4, 0.5) is 0 Å². The number of nitrogens with one attached hydrogen (secondary N) is 1. The molecule has 0 radical (unpaired) electrons. The van der Waals surface area contributed by atoms with E-state index >= 15 is 0 Å². The molecule has 1 nitrogen and oxygen atoms in total. The standard InChI is InChI=1S/C24H41N.C11H18.C8H16.C5H12/c1-9-21-22(24(21,7)8)20(16(2)3)15-18(6)23(25-17(4)5)19-13-11-10-12-14-19;1-2-3-5-8-11-9-6-4-7-10-11;1-5-6-8(4)7(2)3;1-5(2,3)4/h19-23,25H,2,4,6,9-15H2,1,3,5,7-8H3;2,9H,1,3-8,10H2;8H,2,5-6H2,1,3-4H3;1-4H3. The quantitative estimate of drug-likeness (QED) is 0.127. The van der Waals surface area contributed by atoms with Crippen LogP contribution in [0.15, 0.2) is 73.0 Å². The molecule has 49 heavy (non-hydrogen) atoms. The first-order valence-electron chi connectivity index (χ1n) is 20.5. The highest BCUT2D eigenvalue weighted by atomic mass is 14.9. The number of rotatable bonds is 16. The zero-order valence-electron chi connectivity index (χ0n) is 35.5. The van der Waals surface area contributed by atoms with Gasteiger partial charge in [0.05, 0.1) is 0 Å². The minimum Gasteiger partial charge on any atom is -0.382 e. The minimum absolute atomic E-state index is 0.390. The fraction of sp³-hybridized carbons (Fsp3) is 0.750. The highest BCUT2D eigenvalue weighted by molar-refractivity contribution is 5.21. The van der Waals surface area contributed by atoms with Gasteiger partial charge in [-0.1, -0.05) is 155 Å². The van der Waals surface area contributed by atoms with Gasteiger partial charge in [-0.2, -0.15) is 0 Å². The van der Waals surface area contributed by atoms with E-state index in [0.717, 1.165) is 35.8 Å². The summed E-state index contributed by atoms with van der Waals surface area (Å²) in [5, 5.41) is 3.68. The lowest BCUT2D eigenvalue weighted by molar-refractivity contribution is 0.294. The van der Waals surface area contributed by atoms with Crippen LogP contribution in [-0.4, -0.2) is 6.04 Å². The van der Waals surface area contributed by atoms with Crippen molar-refractivity contribution in [3.8, 4) is 0 Å². The summed E-state index contributed by atoms with van der Waals surface area (Å²) in [6.45, 7) is 47.4. The second-order valence-electron chi connectivity index (χ2n) is 18.3. The van der Waals surface area contributed by atoms with Crippen molar-refractivity contribution >= 4 is 0 Å². The predicted octanol–water partition coefficient (Wildman–Crippen LogP) is 15.8. The Morgan fingerprint density at radius 1 is 0.939 bits per heavy atom. The van der Waals surface area contributed by atoms with Crippen LogP contribution in [0.2, 0.25) is 0 Å². The SMILES string of the molecule is C=C(C)C(C)CCC.C=C(C)NC(C(=C)CC(C(=C)C)C1C(CC)C1(C)C)C1CCCCC1.C=CCCCC1=CCCCC1.CC(C)(C)C. The van der Waals surface area contributed by atoms with Gasteiger partial charge in [0.2, 0.25) is 0 Å². The molecule has 0 aromatic rings. The van der Waals surface area contributed by atoms with Crippen molar-refractivity contribution in [3.63, 3.8) is 0 Å². The van der Waals surface area contributed by atoms with Crippen LogP contribution < -0.4 is 5.32 Å². The van der Waals surface area contributed by atoms with Crippen LogP contribution >= 0.6 is 0 Å². The Morgan fingerprint density at radius 2 is 1.53 bits per heavy atom. The molecule has 3 rings (SSSR count). The molecule has 0 bridgehead atoms. The third-order valence-electron chi connectivity index (χ3n) is 10.9. The first-order valence-corrected chi connectivity index (χ1v) is 20.5. The molecule has 2 saturated carbocycles. The van der Waals surface area contributed by atoms with Crippen LogP contribution in [0.25, 0.3) is 0 Å². The Labute approximate surface area is 309 Å². The molecule has 0 spiro atoms. The molecule has 3 aliphatic carbocycles. The second kappa shape index (κ2) is 24.4. The molecule has 5 atom stereocenters. The molecule has 2 fully saturated rings. The van der Waals surface area contributed by atoms with Gasteiger partial charge in [0.25, 0.3) is 0 Å². The molecule has 0 aromatic heterocycles. The van der Waals surface area contributed by atoms with Crippen LogP contribution in [0.5, 0.6) is 0 Å². The van der Waals surface area contributed by atoms with E-state index in [4.69, 9.17) is 0 Å². The van der Waals surface area contributed by atoms with E-state index in [9.17, 15) is 0 Å². The maximum Gasteiger partial charge on any atom is 0.0496 e. The smallest absolute Gasteiger partial charge is 0.0496 e. The fourth-order valence-corrected chi connectivity index (χ4v) is 7.95. The van der Waals surface area contributed by atoms with E-state index in [2.05, 4.69) is 127 Å². The molecular weight excluding hydrogens is 591 g/mol. The van der Waals surface area contributed by atoms with Gasteiger partial charge in [0.1, 0.15) is 0 Å². The largest absolute Gasteiger partial charge is 0.382 e. The van der Waals surface area contributed by atoms with Gasteiger partial charge in [-0.25, -0.2) is 0 Å². The van der Waals surface area contributed by atoms with Gasteiger partial charge in [-0.15, -0.1) is 6.58 Å². The van der Waals surface area contributed by atoms with E-state index in [1.54, 1.807) is 5.57 Å². The number of hydrogen-bond acceptors (Lipinski definition) is 1. The predicted molar refractivity (Wildman–Crippen MR) is 226 cm³/mol. The van der Waals surface area contributed by atoms with Crippen LogP contribution in [0, 0.1) is 40.4 Å². The highest BCUT2D eigenvalue weighted by Gasteiger charge is 2.59. The highest BCUT2D eigenvalue weighted by Crippen LogP contribution is 2.65. The third kappa shape index (κ3) is 20.6. The number of unbranched alkanes of at least 4 members (excludes halogenated alkanes) is 1. The topological polar surface area (TPSA) is 12.0 Å². The van der Waals surface area contributed by atoms with Gasteiger partial charge >= 0.3 is 0 Å². The Bertz CT molecular complexity index is 1000. The summed E-state index contributed by atoms with van der Waals surface area (Å²) in [5.74, 6) is 3.62. The summed E-state index contributed by atoms with van der Waals surface area (Å²) < 4.78 is 0. The van der Waals surface area contributed by atoms with Crippen LogP contribution in [-0.2, 0) is 0 Å². The normalized spacial score (nSPS) is 21.7. The molecule has 284 valence electrons. The number of allylic oxidation sites excluding steroid dienone is 6. The summed E-state index contributed by atoms with van der Waals surface area (Å²) in [4.78, 5) is 0. The molecule has 0 saturated heterocycles. The average molecular weight is 678 g/mol. The molecular formula is C48H87N. The van der Waals surface area contributed by atoms with Crippen LogP contribution in [0.3, 0.4) is 0 Å². The zero-order chi connectivity index (χ0) is 37.8. The van der Waals surface area contributed by atoms with E-state index < -0.39 is 0 Å². The molecule has 0 aliphatic heterocycles. The maximum absolute atomic E-state index is 4.57. The van der Waals surface area contributed by atoms with Crippen molar-refractivity contribution in [1.29, 1.82) is 0 Å². The van der Waals surface area contributed by atoms with Gasteiger partial charge < -0.3 is 5.32 Å². The maximum atomic E-state index is 4.57. The summed E-state index contributed by atoms with van der Waals surface area (Å²) in [6.07, 6.45) is 25.5. The summed E-state index contributed by atoms with van der Waals surface area (Å²) in [6, 6.07) is 0.390. The second-order valence-corrected chi connectivity index (χ2v) is 18.3. The van der Waals surface area contributed by atoms with E-state index in [1.165, 1.54) is 113 Å². The van der Waals surface area contributed by atoms with Crippen molar-refractivity contribution < 1.29 is 0 Å². The number of hydrogen-bond donors (Lipinski definition) is 1. The summed E-state index contributed by atoms with van der Waals surface area (Å²) in [5.41, 5.74) is 7.75. The Morgan fingerprint density at radius 3 is 1.92 bits per heavy atom. The average Bonchev–Trinajstić information content (AvgIpc) is 3.58. The van der Waals surface area contributed by atoms with Crippen molar-refractivity contribution in [2.75, 3.05) is 0 Å². The van der Waals surface area contributed by atoms with Gasteiger partial charge in [0.15, 0.2) is 0 Å². The molecule has 1 heteroatoms. The monoisotopic (exact) mass is 678 g/mol. The summed E-state index contributed by atoms with van der Waals surface area (Å²) in [7, 11) is 0. The Kier molecular flexibility index (Phi) is 23.6. The van der Waals surface area contributed by atoms with Gasteiger partial charge in [0, 0.05) is 11.7 Å². The van der Waals surface area contributed by atoms with Crippen molar-refractivity contribution in [2.45, 2.75) is 192 Å². The molecule has 5 unspecified atom stereocenters. The minimum atomic E-state index is 0.390. The molecule has 3 aliphatic rings. The van der Waals surface area contributed by atoms with Crippen molar-refractivity contribution in [2.24, 2.45) is 40.4 Å². The molecule has 0 amide bonds. The van der Waals surface area contributed by atoms with E-state index in [-0.39, 0.29) is 0 Å². The van der Waals surface area contributed by atoms with Crippen LogP contribution in [0.1, 0.15) is 186 Å². The molecule has 0 heterocycles. The molecule has 1 N–H and O–H groups in total.